The zero-order valence-corrected chi connectivity index (χ0v) is 14.8. The number of nitrogens with one attached hydrogen (secondary N) is 1. The van der Waals surface area contributed by atoms with Gasteiger partial charge in [0.1, 0.15) is 11.6 Å². The van der Waals surface area contributed by atoms with Gasteiger partial charge in [0.05, 0.1) is 11.0 Å². The number of rotatable bonds is 4. The van der Waals surface area contributed by atoms with Gasteiger partial charge in [0.2, 0.25) is 5.91 Å². The minimum atomic E-state index is -0.109. The van der Waals surface area contributed by atoms with E-state index in [2.05, 4.69) is 10.3 Å². The molecule has 4 rings (SSSR count). The van der Waals surface area contributed by atoms with E-state index in [1.165, 1.54) is 6.92 Å². The number of anilines is 1. The van der Waals surface area contributed by atoms with E-state index < -0.39 is 0 Å². The molecule has 0 saturated carbocycles. The lowest BCUT2D eigenvalue weighted by molar-refractivity contribution is -0.114. The van der Waals surface area contributed by atoms with Crippen molar-refractivity contribution in [3.05, 3.63) is 84.3 Å². The fraction of sp³-hybridized carbons (Fsp3) is 0.0455. The molecule has 132 valence electrons. The van der Waals surface area contributed by atoms with Gasteiger partial charge in [-0.15, -0.1) is 0 Å². The molecule has 5 heteroatoms. The van der Waals surface area contributed by atoms with Crippen LogP contribution >= 0.6 is 0 Å². The summed E-state index contributed by atoms with van der Waals surface area (Å²) in [5.74, 6) is 1.45. The van der Waals surface area contributed by atoms with Crippen molar-refractivity contribution in [2.24, 2.45) is 0 Å². The maximum absolute atomic E-state index is 11.3. The van der Waals surface area contributed by atoms with E-state index in [1.54, 1.807) is 6.20 Å². The number of hydrogen-bond acceptors (Lipinski definition) is 3. The second-order valence-corrected chi connectivity index (χ2v) is 6.12. The Morgan fingerprint density at radius 3 is 2.56 bits per heavy atom. The van der Waals surface area contributed by atoms with Crippen LogP contribution in [-0.4, -0.2) is 20.4 Å². The van der Waals surface area contributed by atoms with E-state index in [4.69, 9.17) is 4.98 Å². The molecule has 0 atom stereocenters. The first-order chi connectivity index (χ1) is 13.2. The maximum atomic E-state index is 11.3. The van der Waals surface area contributed by atoms with Gasteiger partial charge in [-0.05, 0) is 42.0 Å². The normalized spacial score (nSPS) is 11.1. The Hall–Kier alpha value is -3.73. The van der Waals surface area contributed by atoms with Gasteiger partial charge < -0.3 is 5.32 Å². The number of benzene rings is 2. The second kappa shape index (κ2) is 7.25. The van der Waals surface area contributed by atoms with Crippen LogP contribution in [0, 0.1) is 0 Å². The molecule has 0 radical (unpaired) electrons. The van der Waals surface area contributed by atoms with Gasteiger partial charge in [-0.25, -0.2) is 9.97 Å². The molecule has 0 fully saturated rings. The van der Waals surface area contributed by atoms with Gasteiger partial charge >= 0.3 is 0 Å². The highest BCUT2D eigenvalue weighted by Gasteiger charge is 2.12. The van der Waals surface area contributed by atoms with Crippen LogP contribution in [0.5, 0.6) is 0 Å². The summed E-state index contributed by atoms with van der Waals surface area (Å²) in [5.41, 5.74) is 3.53. The summed E-state index contributed by atoms with van der Waals surface area (Å²) in [6.07, 6.45) is 5.76. The quantitative estimate of drug-likeness (QED) is 0.585. The Bertz CT molecular complexity index is 1120. The lowest BCUT2D eigenvalue weighted by Gasteiger charge is -2.06. The number of nitrogens with zero attached hydrogens (tertiary/aromatic N) is 3. The van der Waals surface area contributed by atoms with Gasteiger partial charge in [-0.3, -0.25) is 9.36 Å². The lowest BCUT2D eigenvalue weighted by Crippen LogP contribution is -2.05. The van der Waals surface area contributed by atoms with Crippen LogP contribution in [-0.2, 0) is 4.79 Å². The van der Waals surface area contributed by atoms with Crippen LogP contribution < -0.4 is 5.32 Å². The summed E-state index contributed by atoms with van der Waals surface area (Å²) < 4.78 is 2.01. The van der Waals surface area contributed by atoms with Crippen molar-refractivity contribution in [3.63, 3.8) is 0 Å². The molecule has 1 amide bonds. The highest BCUT2D eigenvalue weighted by atomic mass is 16.1. The van der Waals surface area contributed by atoms with Crippen LogP contribution in [0.25, 0.3) is 29.0 Å². The predicted molar refractivity (Wildman–Crippen MR) is 109 cm³/mol. The Balaban J connectivity index is 1.85. The third-order valence-corrected chi connectivity index (χ3v) is 4.10. The summed E-state index contributed by atoms with van der Waals surface area (Å²) in [7, 11) is 0. The van der Waals surface area contributed by atoms with Crippen molar-refractivity contribution >= 4 is 34.8 Å². The molecule has 4 aromatic rings. The topological polar surface area (TPSA) is 59.8 Å². The summed E-state index contributed by atoms with van der Waals surface area (Å²) in [6.45, 7) is 1.49. The summed E-state index contributed by atoms with van der Waals surface area (Å²) in [6, 6.07) is 21.5. The Morgan fingerprint density at radius 2 is 1.81 bits per heavy atom. The van der Waals surface area contributed by atoms with E-state index in [0.717, 1.165) is 33.9 Å². The molecule has 0 unspecified atom stereocenters. The molecule has 0 aliphatic rings. The average molecular weight is 354 g/mol. The molecule has 27 heavy (non-hydrogen) atoms. The first kappa shape index (κ1) is 16.7. The maximum Gasteiger partial charge on any atom is 0.221 e. The number of pyridine rings is 1. The second-order valence-electron chi connectivity index (χ2n) is 6.12. The molecule has 0 spiro atoms. The average Bonchev–Trinajstić information content (AvgIpc) is 3.05. The standard InChI is InChI=1S/C22H18N4O/c1-16(27)24-18-11-12-20-19(15-18)25-22(13-10-17-7-3-2-4-8-17)26(20)21-9-5-6-14-23-21/h2-15H,1H3,(H,24,27)/b13-10+. The van der Waals surface area contributed by atoms with E-state index >= 15 is 0 Å². The highest BCUT2D eigenvalue weighted by Crippen LogP contribution is 2.24. The molecular formula is C22H18N4O. The van der Waals surface area contributed by atoms with Crippen molar-refractivity contribution < 1.29 is 4.79 Å². The summed E-state index contributed by atoms with van der Waals surface area (Å²) >= 11 is 0. The third kappa shape index (κ3) is 3.62. The smallest absolute Gasteiger partial charge is 0.221 e. The molecular weight excluding hydrogens is 336 g/mol. The van der Waals surface area contributed by atoms with E-state index in [9.17, 15) is 4.79 Å². The molecule has 0 saturated heterocycles. The van der Waals surface area contributed by atoms with E-state index in [0.29, 0.717) is 0 Å². The SMILES string of the molecule is CC(=O)Nc1ccc2c(c1)nc(/C=C/c1ccccc1)n2-c1ccccn1. The fourth-order valence-electron chi connectivity index (χ4n) is 2.95. The van der Waals surface area contributed by atoms with Gasteiger partial charge in [-0.2, -0.15) is 0 Å². The van der Waals surface area contributed by atoms with E-state index in [-0.39, 0.29) is 5.91 Å². The lowest BCUT2D eigenvalue weighted by atomic mass is 10.2. The van der Waals surface area contributed by atoms with Crippen LogP contribution in [0.2, 0.25) is 0 Å². The van der Waals surface area contributed by atoms with Gasteiger partial charge in [0.15, 0.2) is 0 Å². The molecule has 2 aromatic carbocycles. The molecule has 2 heterocycles. The van der Waals surface area contributed by atoms with Crippen LogP contribution in [0.15, 0.2) is 72.9 Å². The zero-order valence-electron chi connectivity index (χ0n) is 14.8. The van der Waals surface area contributed by atoms with Crippen molar-refractivity contribution in [2.75, 3.05) is 5.32 Å². The van der Waals surface area contributed by atoms with Crippen molar-refractivity contribution in [1.29, 1.82) is 0 Å². The van der Waals surface area contributed by atoms with Crippen molar-refractivity contribution in [1.82, 2.24) is 14.5 Å². The monoisotopic (exact) mass is 354 g/mol. The first-order valence-corrected chi connectivity index (χ1v) is 8.65. The largest absolute Gasteiger partial charge is 0.326 e. The fourth-order valence-corrected chi connectivity index (χ4v) is 2.95. The van der Waals surface area contributed by atoms with Gasteiger partial charge in [-0.1, -0.05) is 42.5 Å². The van der Waals surface area contributed by atoms with Crippen LogP contribution in [0.4, 0.5) is 5.69 Å². The zero-order chi connectivity index (χ0) is 18.6. The van der Waals surface area contributed by atoms with Crippen LogP contribution in [0.1, 0.15) is 18.3 Å². The summed E-state index contributed by atoms with van der Waals surface area (Å²) in [5, 5.41) is 2.80. The van der Waals surface area contributed by atoms with Crippen LogP contribution in [0.3, 0.4) is 0 Å². The number of aromatic nitrogens is 3. The van der Waals surface area contributed by atoms with E-state index in [1.807, 2.05) is 83.4 Å². The Labute approximate surface area is 157 Å². The van der Waals surface area contributed by atoms with Crippen molar-refractivity contribution in [2.45, 2.75) is 6.92 Å². The van der Waals surface area contributed by atoms with Gasteiger partial charge in [0, 0.05) is 18.8 Å². The van der Waals surface area contributed by atoms with Gasteiger partial charge in [0.25, 0.3) is 0 Å². The number of fused-ring (bicyclic) bond motifs is 1. The third-order valence-electron chi connectivity index (χ3n) is 4.10. The molecule has 0 bridgehead atoms. The molecule has 1 N–H and O–H groups in total. The minimum absolute atomic E-state index is 0.109. The summed E-state index contributed by atoms with van der Waals surface area (Å²) in [4.78, 5) is 20.6. The number of hydrogen-bond donors (Lipinski definition) is 1. The highest BCUT2D eigenvalue weighted by molar-refractivity contribution is 5.92. The number of carbonyl (C=O) groups excluding carboxylic acids is 1. The van der Waals surface area contributed by atoms with Crippen molar-refractivity contribution in [3.8, 4) is 5.82 Å². The minimum Gasteiger partial charge on any atom is -0.326 e. The molecule has 5 nitrogen and oxygen atoms in total. The predicted octanol–water partition coefficient (Wildman–Crippen LogP) is 4.55. The molecule has 0 aliphatic heterocycles. The number of carbonyl (C=O) groups is 1. The first-order valence-electron chi connectivity index (χ1n) is 8.65. The Kier molecular flexibility index (Phi) is 4.49. The Morgan fingerprint density at radius 1 is 1.00 bits per heavy atom. The molecule has 0 aliphatic carbocycles. The number of amides is 1. The number of imidazole rings is 1. The molecule has 2 aromatic heterocycles.